The molecule has 0 bridgehead atoms. The third-order valence-corrected chi connectivity index (χ3v) is 2.29. The summed E-state index contributed by atoms with van der Waals surface area (Å²) < 4.78 is 40.0. The van der Waals surface area contributed by atoms with Gasteiger partial charge in [-0.05, 0) is 24.7 Å². The van der Waals surface area contributed by atoms with Crippen LogP contribution in [0.2, 0.25) is 0 Å². The summed E-state index contributed by atoms with van der Waals surface area (Å²) in [6.45, 7) is -0.0806. The van der Waals surface area contributed by atoms with Crippen molar-refractivity contribution in [3.8, 4) is 0 Å². The molecular weight excluding hydrogens is 245 g/mol. The van der Waals surface area contributed by atoms with E-state index in [2.05, 4.69) is 4.74 Å². The number of nitrogens with two attached hydrogens (primary N) is 1. The molecule has 0 radical (unpaired) electrons. The van der Waals surface area contributed by atoms with Crippen LogP contribution in [0.15, 0.2) is 24.3 Å². The molecule has 0 aliphatic carbocycles. The van der Waals surface area contributed by atoms with Crippen LogP contribution in [0.3, 0.4) is 0 Å². The second-order valence-corrected chi connectivity index (χ2v) is 4.15. The van der Waals surface area contributed by atoms with Crippen molar-refractivity contribution in [1.29, 1.82) is 0 Å². The molecule has 1 aromatic carbocycles. The van der Waals surface area contributed by atoms with Gasteiger partial charge in [-0.3, -0.25) is 4.90 Å². The van der Waals surface area contributed by atoms with Crippen molar-refractivity contribution in [3.63, 3.8) is 0 Å². The Kier molecular flexibility index (Phi) is 5.43. The highest BCUT2D eigenvalue weighted by atomic mass is 19.4. The second-order valence-electron chi connectivity index (χ2n) is 4.15. The van der Waals surface area contributed by atoms with Gasteiger partial charge in [-0.15, -0.1) is 0 Å². The smallest absolute Gasteiger partial charge is 0.399 e. The van der Waals surface area contributed by atoms with Crippen molar-refractivity contribution in [2.75, 3.05) is 32.5 Å². The molecule has 0 aliphatic heterocycles. The van der Waals surface area contributed by atoms with E-state index in [1.54, 1.807) is 6.07 Å². The molecule has 1 rings (SSSR count). The molecule has 0 saturated heterocycles. The Morgan fingerprint density at radius 3 is 2.67 bits per heavy atom. The summed E-state index contributed by atoms with van der Waals surface area (Å²) in [5.74, 6) is 0. The lowest BCUT2D eigenvalue weighted by Crippen LogP contribution is -2.25. The van der Waals surface area contributed by atoms with E-state index in [4.69, 9.17) is 5.73 Å². The minimum absolute atomic E-state index is 0.0539. The van der Waals surface area contributed by atoms with E-state index in [1.165, 1.54) is 0 Å². The zero-order chi connectivity index (χ0) is 13.6. The second kappa shape index (κ2) is 6.61. The quantitative estimate of drug-likeness (QED) is 0.631. The number of nitrogens with zero attached hydrogens (tertiary/aromatic N) is 1. The van der Waals surface area contributed by atoms with E-state index in [0.717, 1.165) is 5.56 Å². The molecule has 2 N–H and O–H groups in total. The Bertz CT molecular complexity index is 369. The van der Waals surface area contributed by atoms with E-state index in [9.17, 15) is 13.2 Å². The zero-order valence-electron chi connectivity index (χ0n) is 10.2. The maximum absolute atomic E-state index is 11.8. The van der Waals surface area contributed by atoms with Gasteiger partial charge in [-0.25, -0.2) is 0 Å². The maximum Gasteiger partial charge on any atom is 0.411 e. The Balaban J connectivity index is 2.24. The molecule has 102 valence electrons. The van der Waals surface area contributed by atoms with E-state index < -0.39 is 12.8 Å². The van der Waals surface area contributed by atoms with E-state index in [1.807, 2.05) is 30.1 Å². The summed E-state index contributed by atoms with van der Waals surface area (Å²) in [6, 6.07) is 7.39. The minimum Gasteiger partial charge on any atom is -0.399 e. The number of benzene rings is 1. The summed E-state index contributed by atoms with van der Waals surface area (Å²) in [6.07, 6.45) is -4.26. The highest BCUT2D eigenvalue weighted by Gasteiger charge is 2.27. The number of anilines is 1. The predicted molar refractivity (Wildman–Crippen MR) is 64.1 cm³/mol. The average Bonchev–Trinajstić information content (AvgIpc) is 2.23. The standard InChI is InChI=1S/C12H17F3N2O/c1-17(5-6-18-9-12(13,14)15)8-10-3-2-4-11(16)7-10/h2-4,7H,5-6,8-9,16H2,1H3. The number of likely N-dealkylation sites (N-methyl/N-ethyl adjacent to an activating group) is 1. The molecule has 0 aliphatic rings. The summed E-state index contributed by atoms with van der Waals surface area (Å²) in [4.78, 5) is 1.88. The first kappa shape index (κ1) is 14.8. The van der Waals surface area contributed by atoms with Gasteiger partial charge in [0.05, 0.1) is 6.61 Å². The molecule has 0 spiro atoms. The van der Waals surface area contributed by atoms with Crippen molar-refractivity contribution in [2.24, 2.45) is 0 Å². The van der Waals surface area contributed by atoms with Gasteiger partial charge in [0, 0.05) is 18.8 Å². The van der Waals surface area contributed by atoms with Crippen LogP contribution in [-0.4, -0.2) is 37.9 Å². The Morgan fingerprint density at radius 2 is 2.06 bits per heavy atom. The van der Waals surface area contributed by atoms with Crippen molar-refractivity contribution < 1.29 is 17.9 Å². The fourth-order valence-corrected chi connectivity index (χ4v) is 1.49. The van der Waals surface area contributed by atoms with Crippen LogP contribution in [0.4, 0.5) is 18.9 Å². The van der Waals surface area contributed by atoms with Gasteiger partial charge in [0.1, 0.15) is 6.61 Å². The summed E-state index contributed by atoms with van der Waals surface area (Å²) in [5, 5.41) is 0. The maximum atomic E-state index is 11.8. The number of halogens is 3. The van der Waals surface area contributed by atoms with Crippen LogP contribution in [-0.2, 0) is 11.3 Å². The Morgan fingerprint density at radius 1 is 1.33 bits per heavy atom. The Hall–Kier alpha value is -1.27. The molecule has 3 nitrogen and oxygen atoms in total. The highest BCUT2D eigenvalue weighted by molar-refractivity contribution is 5.40. The third kappa shape index (κ3) is 6.46. The fourth-order valence-electron chi connectivity index (χ4n) is 1.49. The van der Waals surface area contributed by atoms with Gasteiger partial charge in [-0.1, -0.05) is 12.1 Å². The molecule has 6 heteroatoms. The highest BCUT2D eigenvalue weighted by Crippen LogP contribution is 2.14. The topological polar surface area (TPSA) is 38.5 Å². The number of nitrogen functional groups attached to an aromatic ring is 1. The summed E-state index contributed by atoms with van der Waals surface area (Å²) >= 11 is 0. The molecule has 0 saturated carbocycles. The number of rotatable bonds is 6. The zero-order valence-corrected chi connectivity index (χ0v) is 10.2. The summed E-state index contributed by atoms with van der Waals surface area (Å²) in [7, 11) is 1.82. The average molecular weight is 262 g/mol. The minimum atomic E-state index is -4.26. The molecule has 0 aromatic heterocycles. The first-order valence-electron chi connectivity index (χ1n) is 5.54. The molecule has 0 fully saturated rings. The van der Waals surface area contributed by atoms with Gasteiger partial charge in [-0.2, -0.15) is 13.2 Å². The lowest BCUT2D eigenvalue weighted by Gasteiger charge is -2.17. The van der Waals surface area contributed by atoms with Crippen LogP contribution < -0.4 is 5.73 Å². The van der Waals surface area contributed by atoms with Crippen LogP contribution in [0.1, 0.15) is 5.56 Å². The van der Waals surface area contributed by atoms with Gasteiger partial charge in [0.25, 0.3) is 0 Å². The molecule has 18 heavy (non-hydrogen) atoms. The van der Waals surface area contributed by atoms with Gasteiger partial charge in [0.2, 0.25) is 0 Å². The lowest BCUT2D eigenvalue weighted by atomic mass is 10.2. The first-order chi connectivity index (χ1) is 8.37. The van der Waals surface area contributed by atoms with Crippen LogP contribution in [0, 0.1) is 0 Å². The van der Waals surface area contributed by atoms with Crippen molar-refractivity contribution in [2.45, 2.75) is 12.7 Å². The lowest BCUT2D eigenvalue weighted by molar-refractivity contribution is -0.174. The SMILES string of the molecule is CN(CCOCC(F)(F)F)Cc1cccc(N)c1. The van der Waals surface area contributed by atoms with E-state index >= 15 is 0 Å². The molecule has 0 unspecified atom stereocenters. The van der Waals surface area contributed by atoms with Gasteiger partial charge >= 0.3 is 6.18 Å². The molecule has 0 atom stereocenters. The van der Waals surface area contributed by atoms with Crippen LogP contribution >= 0.6 is 0 Å². The number of alkyl halides is 3. The summed E-state index contributed by atoms with van der Waals surface area (Å²) in [5.41, 5.74) is 7.33. The van der Waals surface area contributed by atoms with Crippen LogP contribution in [0.25, 0.3) is 0 Å². The molecule has 1 aromatic rings. The van der Waals surface area contributed by atoms with Crippen LogP contribution in [0.5, 0.6) is 0 Å². The van der Waals surface area contributed by atoms with Crippen molar-refractivity contribution in [3.05, 3.63) is 29.8 Å². The largest absolute Gasteiger partial charge is 0.411 e. The molecular formula is C12H17F3N2O. The van der Waals surface area contributed by atoms with E-state index in [-0.39, 0.29) is 6.61 Å². The number of ether oxygens (including phenoxy) is 1. The first-order valence-corrected chi connectivity index (χ1v) is 5.54. The monoisotopic (exact) mass is 262 g/mol. The van der Waals surface area contributed by atoms with Gasteiger partial charge in [0.15, 0.2) is 0 Å². The van der Waals surface area contributed by atoms with Crippen molar-refractivity contribution >= 4 is 5.69 Å². The fraction of sp³-hybridized carbons (Fsp3) is 0.500. The number of hydrogen-bond acceptors (Lipinski definition) is 3. The Labute approximate surface area is 104 Å². The van der Waals surface area contributed by atoms with E-state index in [0.29, 0.717) is 18.8 Å². The number of hydrogen-bond donors (Lipinski definition) is 1. The normalized spacial score (nSPS) is 12.1. The predicted octanol–water partition coefficient (Wildman–Crippen LogP) is 2.28. The van der Waals surface area contributed by atoms with Crippen molar-refractivity contribution in [1.82, 2.24) is 4.90 Å². The third-order valence-electron chi connectivity index (χ3n) is 2.29. The van der Waals surface area contributed by atoms with Gasteiger partial charge < -0.3 is 10.5 Å². The molecule has 0 amide bonds. The molecule has 0 heterocycles.